The Morgan fingerprint density at radius 2 is 1.57 bits per heavy atom. The summed E-state index contributed by atoms with van der Waals surface area (Å²) < 4.78 is 36.7. The highest BCUT2D eigenvalue weighted by Gasteiger charge is 2.78. The van der Waals surface area contributed by atoms with Crippen molar-refractivity contribution in [3.63, 3.8) is 0 Å². The summed E-state index contributed by atoms with van der Waals surface area (Å²) in [5, 5.41) is 72.8. The van der Waals surface area contributed by atoms with E-state index < -0.39 is 138 Å². The molecule has 0 radical (unpaired) electrons. The molecule has 18 heteroatoms. The average Bonchev–Trinajstić information content (AvgIpc) is 3.29. The highest BCUT2D eigenvalue weighted by Crippen LogP contribution is 2.65. The number of fused-ring (bicyclic) bond motifs is 5. The van der Waals surface area contributed by atoms with E-state index in [1.54, 1.807) is 48.5 Å². The standard InChI is InChI=1S/C49H63NO17/c1-7-8-11-20-33(53)50-35(27-16-12-9-13-17-27)38(56)44(60)64-30-22-49(61)42(66-43(59)28-18-14-10-15-19-28)40-47(6,41(58)37(55)34(25(30)2)46(49,4)5)31(21-32-48(40,24-63-32)67-26(3)51)65-45-39(57)36(54)29(52)23-62-45/h9-10,12-19,29-32,35-40,42,45,52,54-57,61H,7-8,11,20-24H2,1-6H3,(H,50,53)/t29-,30-,31-,32-,35-,36-,37+,38+,39+,40-,42+,45+,47+,48-,49+/m0/s1. The van der Waals surface area contributed by atoms with E-state index in [9.17, 15) is 49.8 Å². The van der Waals surface area contributed by atoms with Crippen molar-refractivity contribution < 1.29 is 83.0 Å². The molecule has 5 aliphatic rings. The molecule has 67 heavy (non-hydrogen) atoms. The molecule has 2 bridgehead atoms. The van der Waals surface area contributed by atoms with Crippen LogP contribution in [0.5, 0.6) is 0 Å². The van der Waals surface area contributed by atoms with Gasteiger partial charge in [0.05, 0.1) is 42.3 Å². The molecule has 0 spiro atoms. The normalized spacial score (nSPS) is 36.4. The van der Waals surface area contributed by atoms with Gasteiger partial charge in [0.25, 0.3) is 0 Å². The van der Waals surface area contributed by atoms with Crippen LogP contribution in [-0.4, -0.2) is 146 Å². The Morgan fingerprint density at radius 3 is 2.18 bits per heavy atom. The van der Waals surface area contributed by atoms with Crippen molar-refractivity contribution in [3.8, 4) is 0 Å². The zero-order valence-electron chi connectivity index (χ0n) is 38.5. The van der Waals surface area contributed by atoms with E-state index in [2.05, 4.69) is 5.32 Å². The Bertz CT molecular complexity index is 2200. The smallest absolute Gasteiger partial charge is 0.338 e. The maximum Gasteiger partial charge on any atom is 0.338 e. The van der Waals surface area contributed by atoms with Gasteiger partial charge in [-0.3, -0.25) is 14.4 Å². The average molecular weight is 938 g/mol. The van der Waals surface area contributed by atoms with Crippen molar-refractivity contribution in [2.45, 2.75) is 159 Å². The minimum atomic E-state index is -2.45. The number of amides is 1. The number of hydrogen-bond donors (Lipinski definition) is 7. The lowest BCUT2D eigenvalue weighted by molar-refractivity contribution is -0.366. The van der Waals surface area contributed by atoms with Gasteiger partial charge in [0.15, 0.2) is 23.8 Å². The molecule has 7 N–H and O–H groups in total. The van der Waals surface area contributed by atoms with Gasteiger partial charge in [-0.05, 0) is 49.1 Å². The Hall–Kier alpha value is -4.63. The minimum absolute atomic E-state index is 0.0365. The summed E-state index contributed by atoms with van der Waals surface area (Å²) in [4.78, 5) is 70.8. The molecule has 0 unspecified atom stereocenters. The molecule has 2 aliphatic heterocycles. The van der Waals surface area contributed by atoms with Gasteiger partial charge in [0.2, 0.25) is 5.91 Å². The van der Waals surface area contributed by atoms with Crippen LogP contribution in [0.3, 0.4) is 0 Å². The van der Waals surface area contributed by atoms with Crippen LogP contribution in [0, 0.1) is 16.7 Å². The van der Waals surface area contributed by atoms with Crippen molar-refractivity contribution >= 4 is 29.6 Å². The van der Waals surface area contributed by atoms with E-state index in [0.717, 1.165) is 19.8 Å². The van der Waals surface area contributed by atoms with Crippen molar-refractivity contribution in [2.24, 2.45) is 16.7 Å². The number of carbonyl (C=O) groups is 5. The van der Waals surface area contributed by atoms with E-state index in [-0.39, 0.29) is 36.2 Å². The molecule has 7 rings (SSSR count). The number of aliphatic hydroxyl groups is 6. The first-order valence-electron chi connectivity index (χ1n) is 22.9. The van der Waals surface area contributed by atoms with Crippen molar-refractivity contribution in [3.05, 3.63) is 82.9 Å². The minimum Gasteiger partial charge on any atom is -0.456 e. The first-order chi connectivity index (χ1) is 31.6. The summed E-state index contributed by atoms with van der Waals surface area (Å²) in [7, 11) is 0. The van der Waals surface area contributed by atoms with Crippen molar-refractivity contribution in [1.29, 1.82) is 0 Å². The second kappa shape index (κ2) is 19.4. The fourth-order valence-electron chi connectivity index (χ4n) is 11.1. The molecule has 2 aromatic carbocycles. The van der Waals surface area contributed by atoms with Crippen LogP contribution in [0.25, 0.3) is 0 Å². The lowest BCUT2D eigenvalue weighted by Gasteiger charge is -2.68. The molecule has 2 saturated carbocycles. The highest BCUT2D eigenvalue weighted by atomic mass is 16.7. The molecule has 1 amide bonds. The molecule has 366 valence electrons. The number of aliphatic hydroxyl groups excluding tert-OH is 5. The number of benzene rings is 2. The molecule has 15 atom stereocenters. The van der Waals surface area contributed by atoms with Crippen molar-refractivity contribution in [1.82, 2.24) is 5.32 Å². The van der Waals surface area contributed by atoms with Crippen LogP contribution < -0.4 is 5.32 Å². The Kier molecular flexibility index (Phi) is 14.6. The van der Waals surface area contributed by atoms with Crippen LogP contribution in [-0.2, 0) is 47.6 Å². The predicted molar refractivity (Wildman–Crippen MR) is 233 cm³/mol. The third kappa shape index (κ3) is 8.85. The largest absolute Gasteiger partial charge is 0.456 e. The summed E-state index contributed by atoms with van der Waals surface area (Å²) in [5.41, 5.74) is -7.69. The third-order valence-corrected chi connectivity index (χ3v) is 14.9. The summed E-state index contributed by atoms with van der Waals surface area (Å²) in [6.07, 6.45) is -15.2. The van der Waals surface area contributed by atoms with E-state index in [0.29, 0.717) is 12.0 Å². The van der Waals surface area contributed by atoms with Crippen LogP contribution in [0.15, 0.2) is 71.8 Å². The molecule has 18 nitrogen and oxygen atoms in total. The first kappa shape index (κ1) is 50.3. The van der Waals surface area contributed by atoms with Gasteiger partial charge in [-0.1, -0.05) is 82.1 Å². The maximum atomic E-state index is 15.7. The number of hydrogen-bond acceptors (Lipinski definition) is 17. The van der Waals surface area contributed by atoms with Gasteiger partial charge in [0.1, 0.15) is 48.3 Å². The highest BCUT2D eigenvalue weighted by molar-refractivity contribution is 5.94. The van der Waals surface area contributed by atoms with Crippen LogP contribution >= 0.6 is 0 Å². The van der Waals surface area contributed by atoms with Gasteiger partial charge in [-0.15, -0.1) is 0 Å². The van der Waals surface area contributed by atoms with Gasteiger partial charge in [0, 0.05) is 31.6 Å². The third-order valence-electron chi connectivity index (χ3n) is 14.9. The van der Waals surface area contributed by atoms with Gasteiger partial charge in [-0.25, -0.2) is 9.59 Å². The zero-order valence-corrected chi connectivity index (χ0v) is 38.5. The fraction of sp³-hybridized carbons (Fsp3) is 0.612. The molecule has 2 saturated heterocycles. The van der Waals surface area contributed by atoms with E-state index in [1.165, 1.54) is 39.8 Å². The fourth-order valence-corrected chi connectivity index (χ4v) is 11.1. The number of ketones is 1. The molecule has 2 heterocycles. The van der Waals surface area contributed by atoms with E-state index >= 15 is 4.79 Å². The van der Waals surface area contributed by atoms with Gasteiger partial charge >= 0.3 is 17.9 Å². The van der Waals surface area contributed by atoms with E-state index in [4.69, 9.17) is 28.4 Å². The lowest BCUT2D eigenvalue weighted by Crippen LogP contribution is -2.82. The monoisotopic (exact) mass is 937 g/mol. The molecule has 0 aromatic heterocycles. The SMILES string of the molecule is CCCCCC(=O)N[C@@H](c1ccccc1)[C@@H](O)C(=O)O[C@H]1C[C@@]2(O)[C@H](OC(=O)c3ccccc3)[C@@H]3[C@]4(OC(C)=O)CO[C@H]4C[C@H](O[C@H]4OC[C@H](O)[C@H](O)[C@H]4O)[C@@]3(C)C(=O)[C@H](O)C(=C1C)C2(C)C. The van der Waals surface area contributed by atoms with Gasteiger partial charge in [-0.2, -0.15) is 0 Å². The number of Topliss-reactive ketones (excluding diaryl/α,β-unsaturated/α-hetero) is 1. The quantitative estimate of drug-likeness (QED) is 0.0617. The number of esters is 3. The molecule has 2 aromatic rings. The van der Waals surface area contributed by atoms with Crippen LogP contribution in [0.1, 0.15) is 102 Å². The Balaban J connectivity index is 1.37. The number of rotatable bonds is 14. The number of unbranched alkanes of at least 4 members (excludes halogenated alkanes) is 2. The topological polar surface area (TPSA) is 274 Å². The summed E-state index contributed by atoms with van der Waals surface area (Å²) in [5.74, 6) is -6.02. The van der Waals surface area contributed by atoms with Crippen LogP contribution in [0.2, 0.25) is 0 Å². The number of carbonyl (C=O) groups excluding carboxylic acids is 5. The predicted octanol–water partition coefficient (Wildman–Crippen LogP) is 1.89. The second-order valence-corrected chi connectivity index (χ2v) is 19.3. The van der Waals surface area contributed by atoms with E-state index in [1.807, 2.05) is 6.92 Å². The second-order valence-electron chi connectivity index (χ2n) is 19.3. The molecule has 4 fully saturated rings. The molecular weight excluding hydrogens is 875 g/mol. The summed E-state index contributed by atoms with van der Waals surface area (Å²) in [6.45, 7) is 8.25. The summed E-state index contributed by atoms with van der Waals surface area (Å²) >= 11 is 0. The first-order valence-corrected chi connectivity index (χ1v) is 22.9. The van der Waals surface area contributed by atoms with Crippen molar-refractivity contribution in [2.75, 3.05) is 13.2 Å². The van der Waals surface area contributed by atoms with Gasteiger partial charge < -0.3 is 64.4 Å². The maximum absolute atomic E-state index is 15.7. The summed E-state index contributed by atoms with van der Waals surface area (Å²) in [6, 6.07) is 14.8. The Labute approximate surface area is 388 Å². The molecule has 3 aliphatic carbocycles. The Morgan fingerprint density at radius 1 is 0.910 bits per heavy atom. The number of ether oxygens (including phenoxy) is 6. The zero-order chi connectivity index (χ0) is 48.8. The van der Waals surface area contributed by atoms with Crippen LogP contribution in [0.4, 0.5) is 0 Å². The lowest BCUT2D eigenvalue weighted by atomic mass is 9.44. The number of nitrogens with one attached hydrogen (secondary N) is 1. The molecular formula is C49H63NO17.